The first-order valence-corrected chi connectivity index (χ1v) is 7.68. The fraction of sp³-hybridized carbons (Fsp3) is 0.500. The quantitative estimate of drug-likeness (QED) is 0.787. The maximum Gasteiger partial charge on any atom is 0.417 e. The standard InChI is InChI=1S/C12H15F3N2O2S/c13-12(14,15)10-3-1-2-4-11(10)20(18,19)17-8-7-16-9-5-6-9/h1-4,9,16-17H,5-8H2. The summed E-state index contributed by atoms with van der Waals surface area (Å²) in [6.07, 6.45) is -2.58. The molecule has 20 heavy (non-hydrogen) atoms. The van der Waals surface area contributed by atoms with Gasteiger partial charge in [-0.2, -0.15) is 13.2 Å². The maximum absolute atomic E-state index is 12.8. The highest BCUT2D eigenvalue weighted by Gasteiger charge is 2.36. The van der Waals surface area contributed by atoms with E-state index in [0.29, 0.717) is 12.6 Å². The second-order valence-corrected chi connectivity index (χ2v) is 6.36. The summed E-state index contributed by atoms with van der Waals surface area (Å²) in [5, 5.41) is 3.08. The third-order valence-corrected chi connectivity index (χ3v) is 4.43. The van der Waals surface area contributed by atoms with E-state index in [9.17, 15) is 21.6 Å². The van der Waals surface area contributed by atoms with Gasteiger partial charge < -0.3 is 5.32 Å². The second-order valence-electron chi connectivity index (χ2n) is 4.62. The summed E-state index contributed by atoms with van der Waals surface area (Å²) >= 11 is 0. The molecule has 2 N–H and O–H groups in total. The van der Waals surface area contributed by atoms with E-state index in [2.05, 4.69) is 10.0 Å². The van der Waals surface area contributed by atoms with Gasteiger partial charge in [-0.1, -0.05) is 12.1 Å². The smallest absolute Gasteiger partial charge is 0.313 e. The van der Waals surface area contributed by atoms with Gasteiger partial charge in [0.05, 0.1) is 10.5 Å². The van der Waals surface area contributed by atoms with Crippen LogP contribution in [0.4, 0.5) is 13.2 Å². The number of hydrogen-bond donors (Lipinski definition) is 2. The van der Waals surface area contributed by atoms with Crippen molar-refractivity contribution >= 4 is 10.0 Å². The average molecular weight is 308 g/mol. The summed E-state index contributed by atoms with van der Waals surface area (Å²) in [6, 6.07) is 4.57. The molecular formula is C12H15F3N2O2S. The lowest BCUT2D eigenvalue weighted by Gasteiger charge is -2.13. The monoisotopic (exact) mass is 308 g/mol. The number of benzene rings is 1. The normalized spacial score (nSPS) is 16.4. The Labute approximate surface area is 115 Å². The van der Waals surface area contributed by atoms with Gasteiger partial charge in [0.2, 0.25) is 10.0 Å². The van der Waals surface area contributed by atoms with Gasteiger partial charge in [-0.3, -0.25) is 0 Å². The van der Waals surface area contributed by atoms with E-state index >= 15 is 0 Å². The lowest BCUT2D eigenvalue weighted by atomic mass is 10.2. The van der Waals surface area contributed by atoms with Crippen molar-refractivity contribution in [3.8, 4) is 0 Å². The number of alkyl halides is 3. The Morgan fingerprint density at radius 2 is 1.80 bits per heavy atom. The molecule has 0 amide bonds. The predicted molar refractivity (Wildman–Crippen MR) is 67.7 cm³/mol. The van der Waals surface area contributed by atoms with Crippen LogP contribution in [0.15, 0.2) is 29.2 Å². The molecule has 0 aliphatic heterocycles. The van der Waals surface area contributed by atoms with Gasteiger partial charge in [0, 0.05) is 19.1 Å². The zero-order valence-corrected chi connectivity index (χ0v) is 11.4. The molecule has 0 radical (unpaired) electrons. The maximum atomic E-state index is 12.8. The molecule has 0 spiro atoms. The molecule has 112 valence electrons. The van der Waals surface area contributed by atoms with E-state index in [1.165, 1.54) is 6.07 Å². The number of hydrogen-bond acceptors (Lipinski definition) is 3. The van der Waals surface area contributed by atoms with Crippen molar-refractivity contribution in [3.63, 3.8) is 0 Å². The van der Waals surface area contributed by atoms with Crippen molar-refractivity contribution in [2.75, 3.05) is 13.1 Å². The Morgan fingerprint density at radius 1 is 1.15 bits per heavy atom. The molecule has 8 heteroatoms. The van der Waals surface area contributed by atoms with E-state index in [4.69, 9.17) is 0 Å². The lowest BCUT2D eigenvalue weighted by molar-refractivity contribution is -0.139. The Morgan fingerprint density at radius 3 is 2.40 bits per heavy atom. The lowest BCUT2D eigenvalue weighted by Crippen LogP contribution is -2.33. The molecule has 1 saturated carbocycles. The number of rotatable bonds is 6. The first kappa shape index (κ1) is 15.3. The highest BCUT2D eigenvalue weighted by atomic mass is 32.2. The Bertz CT molecular complexity index is 568. The molecule has 1 fully saturated rings. The molecular weight excluding hydrogens is 293 g/mol. The van der Waals surface area contributed by atoms with E-state index in [-0.39, 0.29) is 6.54 Å². The topological polar surface area (TPSA) is 58.2 Å². The van der Waals surface area contributed by atoms with E-state index in [1.807, 2.05) is 0 Å². The molecule has 1 aromatic rings. The molecule has 0 unspecified atom stereocenters. The van der Waals surface area contributed by atoms with Crippen LogP contribution in [0.25, 0.3) is 0 Å². The first-order chi connectivity index (χ1) is 9.31. The molecule has 0 saturated heterocycles. The van der Waals surface area contributed by atoms with Crippen LogP contribution in [-0.4, -0.2) is 27.5 Å². The summed E-state index contributed by atoms with van der Waals surface area (Å²) in [7, 11) is -4.16. The van der Waals surface area contributed by atoms with Crippen molar-refractivity contribution in [2.45, 2.75) is 30.0 Å². The summed E-state index contributed by atoms with van der Waals surface area (Å²) < 4.78 is 64.4. The molecule has 0 aromatic heterocycles. The second kappa shape index (κ2) is 5.71. The fourth-order valence-corrected chi connectivity index (χ4v) is 3.02. The van der Waals surface area contributed by atoms with Crippen LogP contribution in [0.3, 0.4) is 0 Å². The molecule has 0 heterocycles. The van der Waals surface area contributed by atoms with Crippen LogP contribution in [0.1, 0.15) is 18.4 Å². The van der Waals surface area contributed by atoms with Crippen molar-refractivity contribution in [2.24, 2.45) is 0 Å². The fourth-order valence-electron chi connectivity index (χ4n) is 1.76. The summed E-state index contributed by atoms with van der Waals surface area (Å²) in [5.74, 6) is 0. The Hall–Kier alpha value is -1.12. The van der Waals surface area contributed by atoms with Gasteiger partial charge in [-0.15, -0.1) is 0 Å². The Balaban J connectivity index is 2.08. The SMILES string of the molecule is O=S(=O)(NCCNC1CC1)c1ccccc1C(F)(F)F. The van der Waals surface area contributed by atoms with Crippen molar-refractivity contribution in [1.29, 1.82) is 0 Å². The van der Waals surface area contributed by atoms with Gasteiger partial charge in [0.15, 0.2) is 0 Å². The molecule has 1 aliphatic carbocycles. The van der Waals surface area contributed by atoms with Crippen molar-refractivity contribution in [3.05, 3.63) is 29.8 Å². The summed E-state index contributed by atoms with van der Waals surface area (Å²) in [4.78, 5) is -0.737. The molecule has 1 aromatic carbocycles. The third kappa shape index (κ3) is 3.94. The number of halogens is 3. The van der Waals surface area contributed by atoms with Crippen LogP contribution in [-0.2, 0) is 16.2 Å². The van der Waals surface area contributed by atoms with Gasteiger partial charge in [-0.05, 0) is 25.0 Å². The average Bonchev–Trinajstić information content (AvgIpc) is 3.18. The van der Waals surface area contributed by atoms with E-state index in [0.717, 1.165) is 31.0 Å². The molecule has 2 rings (SSSR count). The molecule has 4 nitrogen and oxygen atoms in total. The summed E-state index contributed by atoms with van der Waals surface area (Å²) in [6.45, 7) is 0.461. The predicted octanol–water partition coefficient (Wildman–Crippen LogP) is 1.74. The van der Waals surface area contributed by atoms with E-state index in [1.54, 1.807) is 0 Å². The van der Waals surface area contributed by atoms with Crippen LogP contribution >= 0.6 is 0 Å². The number of nitrogens with one attached hydrogen (secondary N) is 2. The minimum atomic E-state index is -4.70. The number of sulfonamides is 1. The Kier molecular flexibility index (Phi) is 4.36. The van der Waals surface area contributed by atoms with Crippen LogP contribution < -0.4 is 10.0 Å². The third-order valence-electron chi connectivity index (χ3n) is 2.91. The largest absolute Gasteiger partial charge is 0.417 e. The van der Waals surface area contributed by atoms with Crippen LogP contribution in [0, 0.1) is 0 Å². The van der Waals surface area contributed by atoms with Crippen LogP contribution in [0.2, 0.25) is 0 Å². The first-order valence-electron chi connectivity index (χ1n) is 6.20. The molecule has 1 aliphatic rings. The van der Waals surface area contributed by atoms with Gasteiger partial charge >= 0.3 is 6.18 Å². The highest BCUT2D eigenvalue weighted by molar-refractivity contribution is 7.89. The van der Waals surface area contributed by atoms with Gasteiger partial charge in [0.1, 0.15) is 0 Å². The van der Waals surface area contributed by atoms with Crippen molar-refractivity contribution < 1.29 is 21.6 Å². The molecule has 0 bridgehead atoms. The van der Waals surface area contributed by atoms with E-state index < -0.39 is 26.7 Å². The van der Waals surface area contributed by atoms with Crippen LogP contribution in [0.5, 0.6) is 0 Å². The van der Waals surface area contributed by atoms with Gasteiger partial charge in [0.25, 0.3) is 0 Å². The highest BCUT2D eigenvalue weighted by Crippen LogP contribution is 2.33. The van der Waals surface area contributed by atoms with Gasteiger partial charge in [-0.25, -0.2) is 13.1 Å². The zero-order valence-electron chi connectivity index (χ0n) is 10.6. The summed E-state index contributed by atoms with van der Waals surface area (Å²) in [5.41, 5.74) is -1.15. The molecule has 0 atom stereocenters. The minimum Gasteiger partial charge on any atom is -0.313 e. The minimum absolute atomic E-state index is 0.0605. The van der Waals surface area contributed by atoms with Crippen molar-refractivity contribution in [1.82, 2.24) is 10.0 Å². The zero-order chi connectivity index (χ0) is 14.8.